The maximum atomic E-state index is 5.84. The van der Waals surface area contributed by atoms with Crippen LogP contribution in [0.15, 0.2) is 0 Å². The first-order chi connectivity index (χ1) is 10.2. The van der Waals surface area contributed by atoms with E-state index in [1.165, 1.54) is 58.0 Å². The average Bonchev–Trinajstić information content (AvgIpc) is 2.97. The molecule has 3 heteroatoms. The van der Waals surface area contributed by atoms with Crippen molar-refractivity contribution in [2.75, 3.05) is 32.8 Å². The van der Waals surface area contributed by atoms with E-state index in [1.54, 1.807) is 0 Å². The van der Waals surface area contributed by atoms with Crippen molar-refractivity contribution in [3.63, 3.8) is 0 Å². The summed E-state index contributed by atoms with van der Waals surface area (Å²) >= 11 is 0. The van der Waals surface area contributed by atoms with Crippen molar-refractivity contribution < 1.29 is 4.74 Å². The summed E-state index contributed by atoms with van der Waals surface area (Å²) in [7, 11) is 0. The zero-order valence-electron chi connectivity index (χ0n) is 14.5. The van der Waals surface area contributed by atoms with Gasteiger partial charge < -0.3 is 10.1 Å². The minimum Gasteiger partial charge on any atom is -0.380 e. The number of piperazine rings is 1. The van der Waals surface area contributed by atoms with E-state index >= 15 is 0 Å². The molecule has 0 amide bonds. The van der Waals surface area contributed by atoms with Crippen LogP contribution in [0.1, 0.15) is 65.7 Å². The summed E-state index contributed by atoms with van der Waals surface area (Å²) in [6, 6.07) is 0.664. The first-order valence-corrected chi connectivity index (χ1v) is 9.28. The van der Waals surface area contributed by atoms with Gasteiger partial charge in [-0.25, -0.2) is 0 Å². The highest BCUT2D eigenvalue weighted by Gasteiger charge is 2.43. The van der Waals surface area contributed by atoms with Crippen LogP contribution in [0.2, 0.25) is 0 Å². The van der Waals surface area contributed by atoms with Crippen LogP contribution in [0.3, 0.4) is 0 Å². The Hall–Kier alpha value is -0.120. The van der Waals surface area contributed by atoms with Crippen LogP contribution in [0.4, 0.5) is 0 Å². The lowest BCUT2D eigenvalue weighted by atomic mass is 9.87. The van der Waals surface area contributed by atoms with Gasteiger partial charge in [0, 0.05) is 37.8 Å². The maximum Gasteiger partial charge on any atom is 0.0593 e. The predicted octanol–water partition coefficient (Wildman–Crippen LogP) is 3.44. The van der Waals surface area contributed by atoms with Gasteiger partial charge in [0.05, 0.1) is 6.61 Å². The second-order valence-electron chi connectivity index (χ2n) is 7.22. The van der Waals surface area contributed by atoms with Gasteiger partial charge in [0.1, 0.15) is 0 Å². The third kappa shape index (κ3) is 4.43. The van der Waals surface area contributed by atoms with Gasteiger partial charge in [-0.2, -0.15) is 0 Å². The van der Waals surface area contributed by atoms with Gasteiger partial charge in [0.15, 0.2) is 0 Å². The molecule has 2 atom stereocenters. The fourth-order valence-corrected chi connectivity index (χ4v) is 3.97. The van der Waals surface area contributed by atoms with E-state index in [4.69, 9.17) is 4.74 Å². The smallest absolute Gasteiger partial charge is 0.0593 e. The van der Waals surface area contributed by atoms with Crippen LogP contribution in [0, 0.1) is 5.92 Å². The second kappa shape index (κ2) is 8.50. The molecule has 0 aromatic heterocycles. The molecule has 2 rings (SSSR count). The van der Waals surface area contributed by atoms with Gasteiger partial charge in [-0.15, -0.1) is 0 Å². The number of unbranched alkanes of at least 4 members (excludes halogenated alkanes) is 1. The number of rotatable bonds is 8. The summed E-state index contributed by atoms with van der Waals surface area (Å²) in [6.07, 6.45) is 9.26. The molecule has 21 heavy (non-hydrogen) atoms. The van der Waals surface area contributed by atoms with Gasteiger partial charge in [-0.05, 0) is 25.2 Å². The molecule has 2 fully saturated rings. The standard InChI is InChI=1S/C18H36N2O/c1-4-6-12-21-13-11-20-14-17(16(3)5-2)19-15-18(20)9-7-8-10-18/h16-17,19H,4-15H2,1-3H3. The van der Waals surface area contributed by atoms with E-state index < -0.39 is 0 Å². The average molecular weight is 296 g/mol. The Balaban J connectivity index is 1.87. The number of hydrogen-bond acceptors (Lipinski definition) is 3. The molecule has 3 nitrogen and oxygen atoms in total. The van der Waals surface area contributed by atoms with E-state index in [-0.39, 0.29) is 0 Å². The Morgan fingerprint density at radius 1 is 1.24 bits per heavy atom. The minimum absolute atomic E-state index is 0.443. The molecule has 0 aromatic carbocycles. The summed E-state index contributed by atoms with van der Waals surface area (Å²) in [5.41, 5.74) is 0.443. The molecule has 1 aliphatic carbocycles. The fraction of sp³-hybridized carbons (Fsp3) is 1.00. The topological polar surface area (TPSA) is 24.5 Å². The van der Waals surface area contributed by atoms with Crippen molar-refractivity contribution >= 4 is 0 Å². The monoisotopic (exact) mass is 296 g/mol. The Morgan fingerprint density at radius 2 is 2.00 bits per heavy atom. The quantitative estimate of drug-likeness (QED) is 0.695. The molecule has 0 radical (unpaired) electrons. The highest BCUT2D eigenvalue weighted by atomic mass is 16.5. The van der Waals surface area contributed by atoms with Crippen molar-refractivity contribution in [3.05, 3.63) is 0 Å². The zero-order valence-corrected chi connectivity index (χ0v) is 14.5. The van der Waals surface area contributed by atoms with E-state index in [1.807, 2.05) is 0 Å². The third-order valence-corrected chi connectivity index (χ3v) is 5.79. The molecule has 0 aromatic rings. The number of nitrogens with one attached hydrogen (secondary N) is 1. The van der Waals surface area contributed by atoms with E-state index in [0.717, 1.165) is 25.7 Å². The van der Waals surface area contributed by atoms with Crippen molar-refractivity contribution in [1.29, 1.82) is 0 Å². The summed E-state index contributed by atoms with van der Waals surface area (Å²) in [6.45, 7) is 12.3. The van der Waals surface area contributed by atoms with Gasteiger partial charge in [0.25, 0.3) is 0 Å². The van der Waals surface area contributed by atoms with Crippen LogP contribution >= 0.6 is 0 Å². The lowest BCUT2D eigenvalue weighted by Crippen LogP contribution is -2.65. The van der Waals surface area contributed by atoms with Crippen LogP contribution in [0.5, 0.6) is 0 Å². The lowest BCUT2D eigenvalue weighted by molar-refractivity contribution is 0.00419. The molecule has 1 heterocycles. The highest BCUT2D eigenvalue weighted by Crippen LogP contribution is 2.37. The molecule has 1 spiro atoms. The summed E-state index contributed by atoms with van der Waals surface area (Å²) in [5, 5.41) is 3.86. The largest absolute Gasteiger partial charge is 0.380 e. The number of nitrogens with zero attached hydrogens (tertiary/aromatic N) is 1. The molecule has 2 aliphatic rings. The van der Waals surface area contributed by atoms with Gasteiger partial charge in [-0.1, -0.05) is 46.5 Å². The molecule has 0 bridgehead atoms. The molecular weight excluding hydrogens is 260 g/mol. The number of ether oxygens (including phenoxy) is 1. The molecule has 124 valence electrons. The first-order valence-electron chi connectivity index (χ1n) is 9.28. The Labute approximate surface area is 131 Å². The summed E-state index contributed by atoms with van der Waals surface area (Å²) in [4.78, 5) is 2.78. The molecular formula is C18H36N2O. The first kappa shape index (κ1) is 17.2. The highest BCUT2D eigenvalue weighted by molar-refractivity contribution is 5.02. The summed E-state index contributed by atoms with van der Waals surface area (Å²) in [5.74, 6) is 0.771. The van der Waals surface area contributed by atoms with Crippen molar-refractivity contribution in [3.8, 4) is 0 Å². The van der Waals surface area contributed by atoms with Gasteiger partial charge in [-0.3, -0.25) is 4.90 Å². The summed E-state index contributed by atoms with van der Waals surface area (Å²) < 4.78 is 5.84. The van der Waals surface area contributed by atoms with Crippen LogP contribution in [-0.2, 0) is 4.74 Å². The van der Waals surface area contributed by atoms with Crippen molar-refractivity contribution in [1.82, 2.24) is 10.2 Å². The molecule has 1 N–H and O–H groups in total. The Bertz CT molecular complexity index is 289. The normalized spacial score (nSPS) is 27.3. The van der Waals surface area contributed by atoms with Crippen LogP contribution in [0.25, 0.3) is 0 Å². The van der Waals surface area contributed by atoms with E-state index in [0.29, 0.717) is 11.6 Å². The second-order valence-corrected chi connectivity index (χ2v) is 7.22. The van der Waals surface area contributed by atoms with Gasteiger partial charge >= 0.3 is 0 Å². The number of hydrogen-bond donors (Lipinski definition) is 1. The molecule has 2 unspecified atom stereocenters. The molecule has 1 saturated heterocycles. The minimum atomic E-state index is 0.443. The molecule has 1 aliphatic heterocycles. The van der Waals surface area contributed by atoms with Crippen LogP contribution in [-0.4, -0.2) is 49.3 Å². The Morgan fingerprint density at radius 3 is 2.67 bits per heavy atom. The third-order valence-electron chi connectivity index (χ3n) is 5.79. The lowest BCUT2D eigenvalue weighted by Gasteiger charge is -2.49. The van der Waals surface area contributed by atoms with E-state index in [9.17, 15) is 0 Å². The van der Waals surface area contributed by atoms with Gasteiger partial charge in [0.2, 0.25) is 0 Å². The fourth-order valence-electron chi connectivity index (χ4n) is 3.97. The van der Waals surface area contributed by atoms with Crippen molar-refractivity contribution in [2.45, 2.75) is 77.3 Å². The van der Waals surface area contributed by atoms with Crippen molar-refractivity contribution in [2.24, 2.45) is 5.92 Å². The zero-order chi connectivity index (χ0) is 15.1. The van der Waals surface area contributed by atoms with Crippen LogP contribution < -0.4 is 5.32 Å². The predicted molar refractivity (Wildman–Crippen MR) is 89.7 cm³/mol. The Kier molecular flexibility index (Phi) is 6.97. The van der Waals surface area contributed by atoms with E-state index in [2.05, 4.69) is 31.0 Å². The molecule has 1 saturated carbocycles. The SMILES string of the molecule is CCCCOCCN1CC(C(C)CC)NCC12CCCC2. The maximum absolute atomic E-state index is 5.84.